The minimum atomic E-state index is -1.10. The van der Waals surface area contributed by atoms with Gasteiger partial charge in [-0.1, -0.05) is 18.2 Å². The van der Waals surface area contributed by atoms with Gasteiger partial charge in [0, 0.05) is 12.2 Å². The number of hydrogen-bond acceptors (Lipinski definition) is 3. The highest BCUT2D eigenvalue weighted by molar-refractivity contribution is 5.88. The molecule has 0 heterocycles. The fourth-order valence-electron chi connectivity index (χ4n) is 1.68. The number of nitrogens with two attached hydrogens (primary N) is 1. The molecular weight excluding hydrogens is 247 g/mol. The molecule has 2 aromatic rings. The fraction of sp³-hybridized carbons (Fsp3) is 0.0714. The highest BCUT2D eigenvalue weighted by Gasteiger charge is 2.08. The van der Waals surface area contributed by atoms with Gasteiger partial charge in [-0.3, -0.25) is 0 Å². The summed E-state index contributed by atoms with van der Waals surface area (Å²) < 4.78 is 13.5. The third-order valence-electron chi connectivity index (χ3n) is 2.74. The molecule has 0 atom stereocenters. The van der Waals surface area contributed by atoms with Gasteiger partial charge in [-0.15, -0.1) is 0 Å². The van der Waals surface area contributed by atoms with Gasteiger partial charge >= 0.3 is 5.97 Å². The Morgan fingerprint density at radius 3 is 2.68 bits per heavy atom. The molecule has 0 aromatic heterocycles. The molecule has 0 bridgehead atoms. The van der Waals surface area contributed by atoms with Gasteiger partial charge in [0.15, 0.2) is 0 Å². The molecule has 0 radical (unpaired) electrons. The van der Waals surface area contributed by atoms with Crippen LogP contribution >= 0.6 is 0 Å². The van der Waals surface area contributed by atoms with Gasteiger partial charge in [-0.05, 0) is 29.8 Å². The number of carboxylic acid groups (broad SMARTS) is 1. The van der Waals surface area contributed by atoms with Gasteiger partial charge in [-0.2, -0.15) is 0 Å². The molecule has 0 aliphatic heterocycles. The lowest BCUT2D eigenvalue weighted by atomic mass is 10.1. The van der Waals surface area contributed by atoms with Gasteiger partial charge in [0.25, 0.3) is 0 Å². The summed E-state index contributed by atoms with van der Waals surface area (Å²) in [5, 5.41) is 11.7. The third-order valence-corrected chi connectivity index (χ3v) is 2.74. The number of benzene rings is 2. The van der Waals surface area contributed by atoms with Crippen LogP contribution in [0.4, 0.5) is 15.8 Å². The molecule has 0 amide bonds. The van der Waals surface area contributed by atoms with E-state index in [1.807, 2.05) is 18.2 Å². The lowest BCUT2D eigenvalue weighted by Crippen LogP contribution is -2.06. The summed E-state index contributed by atoms with van der Waals surface area (Å²) in [4.78, 5) is 10.8. The number of anilines is 2. The molecule has 0 aliphatic carbocycles. The number of aromatic carboxylic acids is 1. The first-order chi connectivity index (χ1) is 9.08. The molecule has 4 N–H and O–H groups in total. The number of carbonyl (C=O) groups is 1. The fourth-order valence-corrected chi connectivity index (χ4v) is 1.68. The molecule has 0 saturated heterocycles. The van der Waals surface area contributed by atoms with E-state index in [-0.39, 0.29) is 11.3 Å². The zero-order valence-electron chi connectivity index (χ0n) is 10.1. The van der Waals surface area contributed by atoms with E-state index in [0.717, 1.165) is 11.6 Å². The standard InChI is InChI=1S/C14H13FN2O2/c15-11-6-5-9(14(18)19)7-13(11)17-8-10-3-1-2-4-12(10)16/h1-7,17H,8,16H2,(H,18,19). The topological polar surface area (TPSA) is 75.3 Å². The zero-order valence-corrected chi connectivity index (χ0v) is 10.1. The Hall–Kier alpha value is -2.56. The normalized spacial score (nSPS) is 10.2. The minimum absolute atomic E-state index is 0.0323. The SMILES string of the molecule is Nc1ccccc1CNc1cc(C(=O)O)ccc1F. The van der Waals surface area contributed by atoms with Gasteiger partial charge < -0.3 is 16.2 Å². The largest absolute Gasteiger partial charge is 0.478 e. The van der Waals surface area contributed by atoms with Crippen LogP contribution in [-0.4, -0.2) is 11.1 Å². The molecule has 4 nitrogen and oxygen atoms in total. The summed E-state index contributed by atoms with van der Waals surface area (Å²) >= 11 is 0. The number of para-hydroxylation sites is 1. The van der Waals surface area contributed by atoms with Crippen LogP contribution in [0.15, 0.2) is 42.5 Å². The molecule has 0 saturated carbocycles. The number of rotatable bonds is 4. The highest BCUT2D eigenvalue weighted by atomic mass is 19.1. The molecule has 19 heavy (non-hydrogen) atoms. The van der Waals surface area contributed by atoms with Crippen molar-refractivity contribution in [1.29, 1.82) is 0 Å². The van der Waals surface area contributed by atoms with Crippen molar-refractivity contribution in [2.24, 2.45) is 0 Å². The summed E-state index contributed by atoms with van der Waals surface area (Å²) in [5.41, 5.74) is 7.37. The second-order valence-corrected chi connectivity index (χ2v) is 4.05. The average molecular weight is 260 g/mol. The molecule has 0 spiro atoms. The quantitative estimate of drug-likeness (QED) is 0.739. The van der Waals surface area contributed by atoms with E-state index < -0.39 is 11.8 Å². The summed E-state index contributed by atoms with van der Waals surface area (Å²) in [6, 6.07) is 10.8. The van der Waals surface area contributed by atoms with Crippen LogP contribution in [0.1, 0.15) is 15.9 Å². The van der Waals surface area contributed by atoms with Crippen molar-refractivity contribution in [2.75, 3.05) is 11.1 Å². The first-order valence-electron chi connectivity index (χ1n) is 5.68. The second kappa shape index (κ2) is 5.39. The number of halogens is 1. The molecule has 2 aromatic carbocycles. The Kier molecular flexibility index (Phi) is 3.66. The maximum absolute atomic E-state index is 13.5. The molecule has 98 valence electrons. The van der Waals surface area contributed by atoms with Crippen molar-refractivity contribution in [2.45, 2.75) is 6.54 Å². The minimum Gasteiger partial charge on any atom is -0.478 e. The molecule has 0 fully saturated rings. The highest BCUT2D eigenvalue weighted by Crippen LogP contribution is 2.19. The van der Waals surface area contributed by atoms with Crippen molar-refractivity contribution in [3.05, 3.63) is 59.4 Å². The monoisotopic (exact) mass is 260 g/mol. The lowest BCUT2D eigenvalue weighted by molar-refractivity contribution is 0.0697. The lowest BCUT2D eigenvalue weighted by Gasteiger charge is -2.10. The predicted molar refractivity (Wildman–Crippen MR) is 71.5 cm³/mol. The zero-order chi connectivity index (χ0) is 13.8. The van der Waals surface area contributed by atoms with E-state index in [1.54, 1.807) is 6.07 Å². The molecular formula is C14H13FN2O2. The number of nitrogen functional groups attached to an aromatic ring is 1. The average Bonchev–Trinajstić information content (AvgIpc) is 2.39. The maximum atomic E-state index is 13.5. The molecule has 0 unspecified atom stereocenters. The van der Waals surface area contributed by atoms with Gasteiger partial charge in [0.2, 0.25) is 0 Å². The first kappa shape index (κ1) is 12.9. The van der Waals surface area contributed by atoms with Crippen molar-refractivity contribution < 1.29 is 14.3 Å². The van der Waals surface area contributed by atoms with E-state index in [9.17, 15) is 9.18 Å². The van der Waals surface area contributed by atoms with Gasteiger partial charge in [0.05, 0.1) is 11.3 Å². The molecule has 0 aliphatic rings. The maximum Gasteiger partial charge on any atom is 0.335 e. The number of carboxylic acids is 1. The van der Waals surface area contributed by atoms with Crippen molar-refractivity contribution in [3.8, 4) is 0 Å². The Balaban J connectivity index is 2.17. The van der Waals surface area contributed by atoms with Gasteiger partial charge in [-0.25, -0.2) is 9.18 Å². The summed E-state index contributed by atoms with van der Waals surface area (Å²) in [6.45, 7) is 0.326. The Morgan fingerprint density at radius 1 is 1.26 bits per heavy atom. The van der Waals surface area contributed by atoms with E-state index in [4.69, 9.17) is 10.8 Å². The van der Waals surface area contributed by atoms with Gasteiger partial charge in [0.1, 0.15) is 5.82 Å². The molecule has 5 heteroatoms. The Bertz CT molecular complexity index is 614. The van der Waals surface area contributed by atoms with Crippen LogP contribution in [0.5, 0.6) is 0 Å². The first-order valence-corrected chi connectivity index (χ1v) is 5.68. The summed E-state index contributed by atoms with van der Waals surface area (Å²) in [6.07, 6.45) is 0. The van der Waals surface area contributed by atoms with E-state index in [0.29, 0.717) is 12.2 Å². The van der Waals surface area contributed by atoms with Crippen LogP contribution in [-0.2, 0) is 6.54 Å². The Labute approximate surface area is 109 Å². The van der Waals surface area contributed by atoms with Crippen LogP contribution in [0.25, 0.3) is 0 Å². The second-order valence-electron chi connectivity index (χ2n) is 4.05. The van der Waals surface area contributed by atoms with Crippen LogP contribution < -0.4 is 11.1 Å². The van der Waals surface area contributed by atoms with Crippen LogP contribution in [0.2, 0.25) is 0 Å². The van der Waals surface area contributed by atoms with E-state index in [2.05, 4.69) is 5.32 Å². The summed E-state index contributed by atoms with van der Waals surface area (Å²) in [5.74, 6) is -1.60. The third kappa shape index (κ3) is 3.01. The van der Waals surface area contributed by atoms with Crippen molar-refractivity contribution >= 4 is 17.3 Å². The molecule has 2 rings (SSSR count). The number of nitrogens with one attached hydrogen (secondary N) is 1. The summed E-state index contributed by atoms with van der Waals surface area (Å²) in [7, 11) is 0. The Morgan fingerprint density at radius 2 is 2.00 bits per heavy atom. The van der Waals surface area contributed by atoms with Crippen LogP contribution in [0, 0.1) is 5.82 Å². The van der Waals surface area contributed by atoms with E-state index >= 15 is 0 Å². The van der Waals surface area contributed by atoms with Crippen molar-refractivity contribution in [3.63, 3.8) is 0 Å². The number of hydrogen-bond donors (Lipinski definition) is 3. The van der Waals surface area contributed by atoms with E-state index in [1.165, 1.54) is 12.1 Å². The predicted octanol–water partition coefficient (Wildman–Crippen LogP) is 2.72. The smallest absolute Gasteiger partial charge is 0.335 e. The van der Waals surface area contributed by atoms with Crippen LogP contribution in [0.3, 0.4) is 0 Å². The van der Waals surface area contributed by atoms with Crippen molar-refractivity contribution in [1.82, 2.24) is 0 Å².